The van der Waals surface area contributed by atoms with Crippen LogP contribution in [0.5, 0.6) is 0 Å². The highest BCUT2D eigenvalue weighted by molar-refractivity contribution is 4.76. The van der Waals surface area contributed by atoms with Crippen LogP contribution in [-0.4, -0.2) is 39.3 Å². The van der Waals surface area contributed by atoms with E-state index >= 15 is 0 Å². The van der Waals surface area contributed by atoms with Gasteiger partial charge >= 0.3 is 0 Å². The van der Waals surface area contributed by atoms with Crippen LogP contribution in [0.3, 0.4) is 0 Å². The van der Waals surface area contributed by atoms with Crippen LogP contribution in [0.25, 0.3) is 0 Å². The predicted molar refractivity (Wildman–Crippen MR) is 70.5 cm³/mol. The van der Waals surface area contributed by atoms with E-state index in [0.717, 1.165) is 0 Å². The molecule has 6 nitrogen and oxygen atoms in total. The first-order chi connectivity index (χ1) is 7.36. The first-order valence-corrected chi connectivity index (χ1v) is 5.57. The SMILES string of the molecule is CC(CN)(CN)CN.CC(CN)(CN)CN. The maximum atomic E-state index is 5.37. The third-order valence-corrected chi connectivity index (χ3v) is 2.96. The van der Waals surface area contributed by atoms with Crippen LogP contribution in [0.4, 0.5) is 0 Å². The molecule has 12 N–H and O–H groups in total. The normalized spacial score (nSPS) is 12.0. The molecule has 0 atom stereocenters. The van der Waals surface area contributed by atoms with Crippen molar-refractivity contribution in [2.45, 2.75) is 13.8 Å². The summed E-state index contributed by atoms with van der Waals surface area (Å²) < 4.78 is 0. The molecule has 0 bridgehead atoms. The van der Waals surface area contributed by atoms with Gasteiger partial charge in [-0.25, -0.2) is 0 Å². The van der Waals surface area contributed by atoms with Crippen LogP contribution in [0.1, 0.15) is 13.8 Å². The summed E-state index contributed by atoms with van der Waals surface area (Å²) in [6, 6.07) is 0. The fraction of sp³-hybridized carbons (Fsp3) is 1.00. The lowest BCUT2D eigenvalue weighted by Gasteiger charge is -2.22. The Balaban J connectivity index is 0. The highest BCUT2D eigenvalue weighted by Gasteiger charge is 2.17. The van der Waals surface area contributed by atoms with Gasteiger partial charge in [-0.1, -0.05) is 13.8 Å². The Morgan fingerprint density at radius 2 is 0.625 bits per heavy atom. The van der Waals surface area contributed by atoms with Gasteiger partial charge in [0.25, 0.3) is 0 Å². The van der Waals surface area contributed by atoms with E-state index in [1.54, 1.807) is 0 Å². The van der Waals surface area contributed by atoms with Crippen molar-refractivity contribution in [3.05, 3.63) is 0 Å². The molecule has 0 rings (SSSR count). The van der Waals surface area contributed by atoms with Crippen LogP contribution in [-0.2, 0) is 0 Å². The molecule has 0 amide bonds. The molecular weight excluding hydrogens is 204 g/mol. The minimum absolute atomic E-state index is 0.0417. The van der Waals surface area contributed by atoms with Gasteiger partial charge in [0.2, 0.25) is 0 Å². The van der Waals surface area contributed by atoms with E-state index in [9.17, 15) is 0 Å². The van der Waals surface area contributed by atoms with Crippen LogP contribution in [0.2, 0.25) is 0 Å². The van der Waals surface area contributed by atoms with E-state index in [2.05, 4.69) is 0 Å². The zero-order chi connectivity index (χ0) is 13.2. The molecule has 0 radical (unpaired) electrons. The van der Waals surface area contributed by atoms with Crippen LogP contribution in [0, 0.1) is 10.8 Å². The quantitative estimate of drug-likeness (QED) is 0.304. The highest BCUT2D eigenvalue weighted by atomic mass is 14.7. The summed E-state index contributed by atoms with van der Waals surface area (Å²) in [7, 11) is 0. The molecule has 0 saturated carbocycles. The van der Waals surface area contributed by atoms with Gasteiger partial charge in [0.1, 0.15) is 0 Å². The number of hydrogen-bond acceptors (Lipinski definition) is 6. The largest absolute Gasteiger partial charge is 0.330 e. The van der Waals surface area contributed by atoms with E-state index in [1.807, 2.05) is 13.8 Å². The maximum Gasteiger partial charge on any atom is 0.00423 e. The van der Waals surface area contributed by atoms with Gasteiger partial charge in [-0.3, -0.25) is 0 Å². The molecule has 0 spiro atoms. The smallest absolute Gasteiger partial charge is 0.00423 e. The molecule has 0 aliphatic heterocycles. The summed E-state index contributed by atoms with van der Waals surface area (Å²) in [5.41, 5.74) is 32.1. The lowest BCUT2D eigenvalue weighted by molar-refractivity contribution is 0.361. The monoisotopic (exact) mass is 234 g/mol. The van der Waals surface area contributed by atoms with Crippen molar-refractivity contribution in [2.75, 3.05) is 39.3 Å². The third-order valence-electron chi connectivity index (χ3n) is 2.96. The second-order valence-electron chi connectivity index (χ2n) is 4.85. The number of rotatable bonds is 6. The third kappa shape index (κ3) is 7.10. The Hall–Kier alpha value is -0.240. The minimum atomic E-state index is -0.0417. The molecule has 16 heavy (non-hydrogen) atoms. The average molecular weight is 234 g/mol. The van der Waals surface area contributed by atoms with Crippen molar-refractivity contribution in [1.29, 1.82) is 0 Å². The van der Waals surface area contributed by atoms with E-state index in [-0.39, 0.29) is 10.8 Å². The molecule has 0 fully saturated rings. The van der Waals surface area contributed by atoms with Crippen molar-refractivity contribution in [2.24, 2.45) is 45.2 Å². The second-order valence-corrected chi connectivity index (χ2v) is 4.85. The second kappa shape index (κ2) is 8.86. The van der Waals surface area contributed by atoms with E-state index in [1.165, 1.54) is 0 Å². The number of hydrogen-bond donors (Lipinski definition) is 6. The van der Waals surface area contributed by atoms with Crippen molar-refractivity contribution in [3.63, 3.8) is 0 Å². The first kappa shape index (κ1) is 18.1. The van der Waals surface area contributed by atoms with E-state index in [4.69, 9.17) is 34.4 Å². The zero-order valence-electron chi connectivity index (χ0n) is 10.7. The van der Waals surface area contributed by atoms with Gasteiger partial charge in [-0.15, -0.1) is 0 Å². The van der Waals surface area contributed by atoms with Gasteiger partial charge in [0.05, 0.1) is 0 Å². The van der Waals surface area contributed by atoms with Gasteiger partial charge in [-0.05, 0) is 0 Å². The van der Waals surface area contributed by atoms with E-state index in [0.29, 0.717) is 39.3 Å². The molecule has 0 saturated heterocycles. The minimum Gasteiger partial charge on any atom is -0.330 e. The molecule has 0 heterocycles. The Bertz CT molecular complexity index is 119. The van der Waals surface area contributed by atoms with E-state index < -0.39 is 0 Å². The Labute approximate surface area is 99.1 Å². The fourth-order valence-electron chi connectivity index (χ4n) is 0.500. The maximum absolute atomic E-state index is 5.37. The van der Waals surface area contributed by atoms with Crippen molar-refractivity contribution in [1.82, 2.24) is 0 Å². The van der Waals surface area contributed by atoms with Crippen LogP contribution in [0.15, 0.2) is 0 Å². The molecule has 0 aromatic heterocycles. The van der Waals surface area contributed by atoms with Gasteiger partial charge in [0.15, 0.2) is 0 Å². The molecule has 0 aliphatic rings. The summed E-state index contributed by atoms with van der Waals surface area (Å²) in [6.07, 6.45) is 0. The molecule has 0 unspecified atom stereocenters. The Kier molecular flexibility index (Phi) is 10.0. The lowest BCUT2D eigenvalue weighted by Crippen LogP contribution is -2.41. The summed E-state index contributed by atoms with van der Waals surface area (Å²) >= 11 is 0. The zero-order valence-corrected chi connectivity index (χ0v) is 10.7. The van der Waals surface area contributed by atoms with Crippen molar-refractivity contribution < 1.29 is 0 Å². The Morgan fingerprint density at radius 1 is 0.500 bits per heavy atom. The topological polar surface area (TPSA) is 156 Å². The molecular formula is C10H30N6. The first-order valence-electron chi connectivity index (χ1n) is 5.57. The Morgan fingerprint density at radius 3 is 0.625 bits per heavy atom. The molecule has 6 heteroatoms. The number of nitrogens with two attached hydrogens (primary N) is 6. The molecule has 0 aliphatic carbocycles. The van der Waals surface area contributed by atoms with Crippen molar-refractivity contribution in [3.8, 4) is 0 Å². The van der Waals surface area contributed by atoms with Gasteiger partial charge in [0, 0.05) is 50.1 Å². The molecule has 0 aromatic rings. The lowest BCUT2D eigenvalue weighted by atomic mass is 9.92. The van der Waals surface area contributed by atoms with Crippen molar-refractivity contribution >= 4 is 0 Å². The predicted octanol–water partition coefficient (Wildman–Crippen LogP) is -2.26. The summed E-state index contributed by atoms with van der Waals surface area (Å²) in [5, 5.41) is 0. The molecule has 100 valence electrons. The average Bonchev–Trinajstić information content (AvgIpc) is 2.37. The summed E-state index contributed by atoms with van der Waals surface area (Å²) in [4.78, 5) is 0. The van der Waals surface area contributed by atoms with Crippen LogP contribution >= 0.6 is 0 Å². The van der Waals surface area contributed by atoms with Gasteiger partial charge < -0.3 is 34.4 Å². The highest BCUT2D eigenvalue weighted by Crippen LogP contribution is 2.07. The summed E-state index contributed by atoms with van der Waals surface area (Å²) in [6.45, 7) is 7.38. The fourth-order valence-corrected chi connectivity index (χ4v) is 0.500. The van der Waals surface area contributed by atoms with Gasteiger partial charge in [-0.2, -0.15) is 0 Å². The molecule has 0 aromatic carbocycles. The summed E-state index contributed by atoms with van der Waals surface area (Å²) in [5.74, 6) is 0. The van der Waals surface area contributed by atoms with Crippen LogP contribution < -0.4 is 34.4 Å². The standard InChI is InChI=1S/2C5H15N3/c2*1-5(2-6,3-7)4-8/h2*2-4,6-8H2,1H3.